The number of allylic oxidation sites excluding steroid dienone is 4. The first kappa shape index (κ1) is 24.6. The highest BCUT2D eigenvalue weighted by atomic mass is 35.5. The number of anilines is 1. The number of rotatable bonds is 3. The number of piperazine rings is 1. The Balaban J connectivity index is 1.19. The molecule has 0 spiro atoms. The van der Waals surface area contributed by atoms with Crippen molar-refractivity contribution in [3.8, 4) is 0 Å². The fourth-order valence-electron chi connectivity index (χ4n) is 6.48. The lowest BCUT2D eigenvalue weighted by Crippen LogP contribution is -2.62. The first-order valence-corrected chi connectivity index (χ1v) is 14.0. The minimum absolute atomic E-state index is 0.0127. The summed E-state index contributed by atoms with van der Waals surface area (Å²) in [6.07, 6.45) is 10.8. The Bertz CT molecular complexity index is 1160. The van der Waals surface area contributed by atoms with Gasteiger partial charge in [-0.1, -0.05) is 24.3 Å². The third kappa shape index (κ3) is 4.71. The number of piperidine rings is 1. The Morgan fingerprint density at radius 1 is 1.05 bits per heavy atom. The maximum absolute atomic E-state index is 13.7. The third-order valence-corrected chi connectivity index (χ3v) is 8.82. The first-order valence-electron chi connectivity index (χ1n) is 13.5. The minimum atomic E-state index is -0.694. The van der Waals surface area contributed by atoms with Crippen molar-refractivity contribution in [2.24, 2.45) is 0 Å². The van der Waals surface area contributed by atoms with Crippen LogP contribution in [0.4, 0.5) is 5.69 Å². The molecule has 3 saturated heterocycles. The zero-order valence-corrected chi connectivity index (χ0v) is 21.8. The van der Waals surface area contributed by atoms with E-state index in [0.29, 0.717) is 30.4 Å². The first-order chi connectivity index (χ1) is 18.0. The van der Waals surface area contributed by atoms with Gasteiger partial charge in [0.2, 0.25) is 11.8 Å². The number of halogens is 1. The van der Waals surface area contributed by atoms with E-state index in [2.05, 4.69) is 21.6 Å². The van der Waals surface area contributed by atoms with Gasteiger partial charge in [0, 0.05) is 19.1 Å². The number of fused-ring (bicyclic) bond motifs is 2. The number of alkyl halides is 1. The van der Waals surface area contributed by atoms with Crippen LogP contribution < -0.4 is 10.6 Å². The van der Waals surface area contributed by atoms with E-state index in [-0.39, 0.29) is 35.7 Å². The number of carbonyl (C=O) groups excluding carboxylic acids is 3. The molecular formula is C28H34ClN5O3. The predicted molar refractivity (Wildman–Crippen MR) is 143 cm³/mol. The van der Waals surface area contributed by atoms with Crippen LogP contribution in [0.25, 0.3) is 5.57 Å². The SMILES string of the molecule is O=C1Nc2ccc(C3=CCC(Cl)C=C3)cc2C(=O)N2CCN(C(=O)[C@@H]3CCCN3C3CCNCC3)C[C@@H]12. The van der Waals surface area contributed by atoms with Crippen LogP contribution in [0.1, 0.15) is 48.0 Å². The molecule has 6 rings (SSSR count). The second-order valence-electron chi connectivity index (χ2n) is 10.7. The van der Waals surface area contributed by atoms with Gasteiger partial charge in [0.25, 0.3) is 5.91 Å². The van der Waals surface area contributed by atoms with Crippen LogP contribution in [-0.2, 0) is 9.59 Å². The van der Waals surface area contributed by atoms with Crippen molar-refractivity contribution in [1.82, 2.24) is 20.0 Å². The predicted octanol–water partition coefficient (Wildman–Crippen LogP) is 2.46. The number of hydrogen-bond acceptors (Lipinski definition) is 5. The van der Waals surface area contributed by atoms with Crippen molar-refractivity contribution in [2.45, 2.75) is 55.6 Å². The molecule has 4 heterocycles. The summed E-state index contributed by atoms with van der Waals surface area (Å²) in [7, 11) is 0. The summed E-state index contributed by atoms with van der Waals surface area (Å²) in [6, 6.07) is 5.21. The summed E-state index contributed by atoms with van der Waals surface area (Å²) in [5.41, 5.74) is 2.95. The normalized spacial score (nSPS) is 28.9. The second-order valence-corrected chi connectivity index (χ2v) is 11.3. The van der Waals surface area contributed by atoms with E-state index < -0.39 is 6.04 Å². The molecule has 2 N–H and O–H groups in total. The molecule has 1 aromatic carbocycles. The maximum atomic E-state index is 13.7. The third-order valence-electron chi connectivity index (χ3n) is 8.50. The molecule has 0 saturated carbocycles. The molecule has 9 heteroatoms. The lowest BCUT2D eigenvalue weighted by molar-refractivity contribution is -0.140. The number of nitrogens with one attached hydrogen (secondary N) is 2. The smallest absolute Gasteiger partial charge is 0.256 e. The van der Waals surface area contributed by atoms with E-state index in [4.69, 9.17) is 11.6 Å². The van der Waals surface area contributed by atoms with Gasteiger partial charge in [0.1, 0.15) is 6.04 Å². The Hall–Kier alpha value is -2.68. The number of benzene rings is 1. The summed E-state index contributed by atoms with van der Waals surface area (Å²) in [6.45, 7) is 3.98. The maximum Gasteiger partial charge on any atom is 0.256 e. The summed E-state index contributed by atoms with van der Waals surface area (Å²) >= 11 is 6.17. The Kier molecular flexibility index (Phi) is 6.82. The van der Waals surface area contributed by atoms with Crippen molar-refractivity contribution >= 4 is 40.6 Å². The lowest BCUT2D eigenvalue weighted by atomic mass is 9.96. The average Bonchev–Trinajstić information content (AvgIpc) is 3.40. The molecule has 1 unspecified atom stereocenters. The summed E-state index contributed by atoms with van der Waals surface area (Å²) < 4.78 is 0. The van der Waals surface area contributed by atoms with Gasteiger partial charge in [0.05, 0.1) is 29.2 Å². The van der Waals surface area contributed by atoms with Crippen LogP contribution in [0.15, 0.2) is 36.4 Å². The number of likely N-dealkylation sites (tertiary alicyclic amines) is 1. The van der Waals surface area contributed by atoms with Crippen LogP contribution >= 0.6 is 11.6 Å². The van der Waals surface area contributed by atoms with Gasteiger partial charge in [-0.05, 0) is 75.0 Å². The highest BCUT2D eigenvalue weighted by Crippen LogP contribution is 2.32. The number of amides is 3. The summed E-state index contributed by atoms with van der Waals surface area (Å²) in [4.78, 5) is 46.5. The van der Waals surface area contributed by atoms with Crippen LogP contribution in [0.3, 0.4) is 0 Å². The van der Waals surface area contributed by atoms with Crippen molar-refractivity contribution < 1.29 is 14.4 Å². The number of nitrogens with zero attached hydrogens (tertiary/aromatic N) is 3. The molecule has 0 aromatic heterocycles. The molecule has 3 amide bonds. The van der Waals surface area contributed by atoms with Crippen molar-refractivity contribution in [3.63, 3.8) is 0 Å². The monoisotopic (exact) mass is 523 g/mol. The molecule has 1 aliphatic carbocycles. The Morgan fingerprint density at radius 3 is 2.68 bits per heavy atom. The van der Waals surface area contributed by atoms with Gasteiger partial charge in [0.15, 0.2) is 0 Å². The van der Waals surface area contributed by atoms with Crippen LogP contribution in [-0.4, -0.2) is 95.2 Å². The molecule has 1 aromatic rings. The molecule has 37 heavy (non-hydrogen) atoms. The highest BCUT2D eigenvalue weighted by Gasteiger charge is 2.44. The fraction of sp³-hybridized carbons (Fsp3) is 0.536. The van der Waals surface area contributed by atoms with Gasteiger partial charge >= 0.3 is 0 Å². The molecule has 8 nitrogen and oxygen atoms in total. The summed E-state index contributed by atoms with van der Waals surface area (Å²) in [5.74, 6) is -0.297. The topological polar surface area (TPSA) is 85.0 Å². The van der Waals surface area contributed by atoms with Crippen molar-refractivity contribution in [2.75, 3.05) is 44.6 Å². The van der Waals surface area contributed by atoms with Gasteiger partial charge in [-0.25, -0.2) is 0 Å². The van der Waals surface area contributed by atoms with Gasteiger partial charge in [-0.2, -0.15) is 0 Å². The molecule has 196 valence electrons. The standard InChI is InChI=1S/C28H34ClN5O3/c29-20-6-3-18(4-7-20)19-5-8-23-22(16-19)27(36)34-15-14-32(17-25(34)26(35)31-23)28(37)24-2-1-13-33(24)21-9-11-30-12-10-21/h3-6,8,16,20-21,24-25,30H,1-2,7,9-15,17H2,(H,31,35)/t20?,24-,25-/m0/s1. The molecule has 4 aliphatic heterocycles. The number of hydrogen-bond donors (Lipinski definition) is 2. The van der Waals surface area contributed by atoms with Crippen LogP contribution in [0.2, 0.25) is 0 Å². The van der Waals surface area contributed by atoms with Crippen LogP contribution in [0.5, 0.6) is 0 Å². The van der Waals surface area contributed by atoms with Crippen LogP contribution in [0, 0.1) is 0 Å². The molecule has 3 atom stereocenters. The average molecular weight is 524 g/mol. The second kappa shape index (κ2) is 10.2. The lowest BCUT2D eigenvalue weighted by Gasteiger charge is -2.42. The molecule has 0 bridgehead atoms. The van der Waals surface area contributed by atoms with E-state index in [1.54, 1.807) is 11.0 Å². The fourth-order valence-corrected chi connectivity index (χ4v) is 6.64. The number of carbonyl (C=O) groups is 3. The van der Waals surface area contributed by atoms with E-state index >= 15 is 0 Å². The highest BCUT2D eigenvalue weighted by molar-refractivity contribution is 6.22. The Labute approximate surface area is 222 Å². The van der Waals surface area contributed by atoms with E-state index in [9.17, 15) is 14.4 Å². The van der Waals surface area contributed by atoms with Gasteiger partial charge < -0.3 is 20.4 Å². The largest absolute Gasteiger partial charge is 0.337 e. The van der Waals surface area contributed by atoms with Gasteiger partial charge in [-0.15, -0.1) is 11.6 Å². The van der Waals surface area contributed by atoms with E-state index in [0.717, 1.165) is 62.9 Å². The van der Waals surface area contributed by atoms with Crippen molar-refractivity contribution in [1.29, 1.82) is 0 Å². The Morgan fingerprint density at radius 2 is 1.89 bits per heavy atom. The van der Waals surface area contributed by atoms with E-state index in [1.807, 2.05) is 29.2 Å². The zero-order chi connectivity index (χ0) is 25.5. The summed E-state index contributed by atoms with van der Waals surface area (Å²) in [5, 5.41) is 6.36. The quantitative estimate of drug-likeness (QED) is 0.595. The molecular weight excluding hydrogens is 490 g/mol. The molecule has 0 radical (unpaired) electrons. The zero-order valence-electron chi connectivity index (χ0n) is 21.0. The van der Waals surface area contributed by atoms with E-state index in [1.165, 1.54) is 0 Å². The minimum Gasteiger partial charge on any atom is -0.337 e. The van der Waals surface area contributed by atoms with Crippen molar-refractivity contribution in [3.05, 3.63) is 47.6 Å². The molecule has 5 aliphatic rings. The van der Waals surface area contributed by atoms with Gasteiger partial charge in [-0.3, -0.25) is 19.3 Å². The molecule has 3 fully saturated rings.